The maximum Gasteiger partial charge on any atom is 0.213 e. The van der Waals surface area contributed by atoms with Gasteiger partial charge in [-0.05, 0) is 29.8 Å². The molecule has 100 valence electrons. The van der Waals surface area contributed by atoms with E-state index in [9.17, 15) is 0 Å². The van der Waals surface area contributed by atoms with Gasteiger partial charge in [0.25, 0.3) is 0 Å². The highest BCUT2D eigenvalue weighted by molar-refractivity contribution is 6.30. The zero-order valence-corrected chi connectivity index (χ0v) is 11.7. The van der Waals surface area contributed by atoms with Crippen molar-refractivity contribution in [3.8, 4) is 5.88 Å². The largest absolute Gasteiger partial charge is 0.473 e. The van der Waals surface area contributed by atoms with E-state index in [1.807, 2.05) is 42.6 Å². The molecule has 0 aliphatic carbocycles. The number of ether oxygens (including phenoxy) is 1. The molecule has 0 aliphatic heterocycles. The van der Waals surface area contributed by atoms with Crippen molar-refractivity contribution in [1.82, 2.24) is 10.3 Å². The smallest absolute Gasteiger partial charge is 0.213 e. The van der Waals surface area contributed by atoms with Gasteiger partial charge in [0.05, 0.1) is 0 Å². The summed E-state index contributed by atoms with van der Waals surface area (Å²) < 4.78 is 5.62. The molecule has 3 nitrogen and oxygen atoms in total. The van der Waals surface area contributed by atoms with Crippen LogP contribution in [-0.4, -0.2) is 11.5 Å². The number of hydrogen-bond acceptors (Lipinski definition) is 3. The van der Waals surface area contributed by atoms with Crippen LogP contribution in [0.1, 0.15) is 18.1 Å². The van der Waals surface area contributed by atoms with E-state index < -0.39 is 0 Å². The van der Waals surface area contributed by atoms with E-state index in [1.165, 1.54) is 0 Å². The van der Waals surface area contributed by atoms with E-state index in [1.54, 1.807) is 0 Å². The standard InChI is InChI=1S/C15H17ClN2O/c1-2-17-9-13-5-8-15(18-10-13)19-11-12-3-6-14(16)7-4-12/h3-8,10,17H,2,9,11H2,1H3. The lowest BCUT2D eigenvalue weighted by Crippen LogP contribution is -2.11. The van der Waals surface area contributed by atoms with Crippen LogP contribution < -0.4 is 10.1 Å². The molecule has 2 aromatic rings. The second kappa shape index (κ2) is 7.12. The summed E-state index contributed by atoms with van der Waals surface area (Å²) >= 11 is 5.83. The summed E-state index contributed by atoms with van der Waals surface area (Å²) in [7, 11) is 0. The average molecular weight is 277 g/mol. The van der Waals surface area contributed by atoms with Crippen LogP contribution in [0.15, 0.2) is 42.6 Å². The van der Waals surface area contributed by atoms with Crippen molar-refractivity contribution in [2.45, 2.75) is 20.1 Å². The second-order valence-corrected chi connectivity index (χ2v) is 4.64. The van der Waals surface area contributed by atoms with Crippen LogP contribution in [0.4, 0.5) is 0 Å². The van der Waals surface area contributed by atoms with Crippen LogP contribution in [0.5, 0.6) is 5.88 Å². The Morgan fingerprint density at radius 2 is 1.84 bits per heavy atom. The van der Waals surface area contributed by atoms with Crippen molar-refractivity contribution in [3.63, 3.8) is 0 Å². The lowest BCUT2D eigenvalue weighted by atomic mass is 10.2. The topological polar surface area (TPSA) is 34.1 Å². The fourth-order valence-corrected chi connectivity index (χ4v) is 1.73. The third-order valence-electron chi connectivity index (χ3n) is 2.68. The molecule has 0 atom stereocenters. The predicted molar refractivity (Wildman–Crippen MR) is 77.4 cm³/mol. The highest BCUT2D eigenvalue weighted by Crippen LogP contribution is 2.13. The highest BCUT2D eigenvalue weighted by Gasteiger charge is 1.98. The maximum atomic E-state index is 5.83. The number of hydrogen-bond donors (Lipinski definition) is 1. The number of nitrogens with one attached hydrogen (secondary N) is 1. The summed E-state index contributed by atoms with van der Waals surface area (Å²) in [6.45, 7) is 4.36. The van der Waals surface area contributed by atoms with Gasteiger partial charge < -0.3 is 10.1 Å². The van der Waals surface area contributed by atoms with Crippen LogP contribution in [-0.2, 0) is 13.2 Å². The van der Waals surface area contributed by atoms with Crippen molar-refractivity contribution in [2.24, 2.45) is 0 Å². The first-order valence-corrected chi connectivity index (χ1v) is 6.68. The van der Waals surface area contributed by atoms with E-state index in [0.717, 1.165) is 29.2 Å². The summed E-state index contributed by atoms with van der Waals surface area (Å²) in [6.07, 6.45) is 1.83. The van der Waals surface area contributed by atoms with Crippen LogP contribution >= 0.6 is 11.6 Å². The van der Waals surface area contributed by atoms with E-state index in [2.05, 4.69) is 17.2 Å². The molecular weight excluding hydrogens is 260 g/mol. The zero-order chi connectivity index (χ0) is 13.5. The summed E-state index contributed by atoms with van der Waals surface area (Å²) in [5.41, 5.74) is 2.23. The van der Waals surface area contributed by atoms with Gasteiger partial charge in [-0.25, -0.2) is 4.98 Å². The Morgan fingerprint density at radius 3 is 2.47 bits per heavy atom. The number of pyridine rings is 1. The Balaban J connectivity index is 1.87. The van der Waals surface area contributed by atoms with E-state index >= 15 is 0 Å². The van der Waals surface area contributed by atoms with Crippen molar-refractivity contribution in [3.05, 3.63) is 58.7 Å². The minimum atomic E-state index is 0.497. The van der Waals surface area contributed by atoms with Gasteiger partial charge in [-0.3, -0.25) is 0 Å². The first kappa shape index (κ1) is 13.8. The lowest BCUT2D eigenvalue weighted by molar-refractivity contribution is 0.293. The number of nitrogens with zero attached hydrogens (tertiary/aromatic N) is 1. The molecule has 19 heavy (non-hydrogen) atoms. The van der Waals surface area contributed by atoms with Gasteiger partial charge in [0.2, 0.25) is 5.88 Å². The molecule has 0 saturated heterocycles. The average Bonchev–Trinajstić information content (AvgIpc) is 2.46. The minimum Gasteiger partial charge on any atom is -0.473 e. The number of aromatic nitrogens is 1. The van der Waals surface area contributed by atoms with Crippen LogP contribution in [0, 0.1) is 0 Å². The van der Waals surface area contributed by atoms with E-state index in [-0.39, 0.29) is 0 Å². The summed E-state index contributed by atoms with van der Waals surface area (Å²) in [5, 5.41) is 3.98. The second-order valence-electron chi connectivity index (χ2n) is 4.20. The molecule has 0 aliphatic rings. The van der Waals surface area contributed by atoms with Crippen LogP contribution in [0.3, 0.4) is 0 Å². The molecule has 0 bridgehead atoms. The predicted octanol–water partition coefficient (Wildman–Crippen LogP) is 3.42. The van der Waals surface area contributed by atoms with Crippen LogP contribution in [0.2, 0.25) is 5.02 Å². The van der Waals surface area contributed by atoms with Gasteiger partial charge in [-0.1, -0.05) is 36.7 Å². The van der Waals surface area contributed by atoms with Gasteiger partial charge in [-0.15, -0.1) is 0 Å². The molecule has 1 aromatic heterocycles. The minimum absolute atomic E-state index is 0.497. The number of halogens is 1. The Bertz CT molecular complexity index is 497. The monoisotopic (exact) mass is 276 g/mol. The summed E-state index contributed by atoms with van der Waals surface area (Å²) in [4.78, 5) is 4.28. The fourth-order valence-electron chi connectivity index (χ4n) is 1.61. The summed E-state index contributed by atoms with van der Waals surface area (Å²) in [6, 6.07) is 11.5. The maximum absolute atomic E-state index is 5.83. The molecule has 0 saturated carbocycles. The summed E-state index contributed by atoms with van der Waals surface area (Å²) in [5.74, 6) is 0.634. The molecule has 0 amide bonds. The molecule has 1 aromatic carbocycles. The van der Waals surface area contributed by atoms with Gasteiger partial charge in [0.15, 0.2) is 0 Å². The van der Waals surface area contributed by atoms with Crippen LogP contribution in [0.25, 0.3) is 0 Å². The Kier molecular flexibility index (Phi) is 5.19. The molecule has 0 fully saturated rings. The fraction of sp³-hybridized carbons (Fsp3) is 0.267. The van der Waals surface area contributed by atoms with Gasteiger partial charge in [0.1, 0.15) is 6.61 Å². The third-order valence-corrected chi connectivity index (χ3v) is 2.93. The Hall–Kier alpha value is -1.58. The SMILES string of the molecule is CCNCc1ccc(OCc2ccc(Cl)cc2)nc1. The van der Waals surface area contributed by atoms with Gasteiger partial charge in [0, 0.05) is 23.8 Å². The first-order chi connectivity index (χ1) is 9.28. The Labute approximate surface area is 118 Å². The Morgan fingerprint density at radius 1 is 1.11 bits per heavy atom. The van der Waals surface area contributed by atoms with E-state index in [0.29, 0.717) is 12.5 Å². The first-order valence-electron chi connectivity index (χ1n) is 6.31. The molecule has 0 spiro atoms. The van der Waals surface area contributed by atoms with Crippen molar-refractivity contribution < 1.29 is 4.74 Å². The zero-order valence-electron chi connectivity index (χ0n) is 10.9. The van der Waals surface area contributed by atoms with Crippen molar-refractivity contribution >= 4 is 11.6 Å². The number of rotatable bonds is 6. The van der Waals surface area contributed by atoms with Gasteiger partial charge in [-0.2, -0.15) is 0 Å². The molecule has 2 rings (SSSR count). The molecule has 1 N–H and O–H groups in total. The molecular formula is C15H17ClN2O. The molecule has 4 heteroatoms. The van der Waals surface area contributed by atoms with E-state index in [4.69, 9.17) is 16.3 Å². The molecule has 1 heterocycles. The van der Waals surface area contributed by atoms with Crippen molar-refractivity contribution in [2.75, 3.05) is 6.54 Å². The molecule has 0 radical (unpaired) electrons. The molecule has 0 unspecified atom stereocenters. The third kappa shape index (κ3) is 4.54. The van der Waals surface area contributed by atoms with Crippen molar-refractivity contribution in [1.29, 1.82) is 0 Å². The van der Waals surface area contributed by atoms with Gasteiger partial charge >= 0.3 is 0 Å². The number of benzene rings is 1. The quantitative estimate of drug-likeness (QED) is 0.878. The highest BCUT2D eigenvalue weighted by atomic mass is 35.5. The normalized spacial score (nSPS) is 10.4. The lowest BCUT2D eigenvalue weighted by Gasteiger charge is -2.06.